The van der Waals surface area contributed by atoms with Crippen LogP contribution in [0.2, 0.25) is 0 Å². The summed E-state index contributed by atoms with van der Waals surface area (Å²) in [6.07, 6.45) is -3.27. The molecular weight excluding hydrogens is 470 g/mol. The number of ether oxygens (including phenoxy) is 5. The standard InChI is InChI=1S/C26H33NO9/c1-5-19(28)33-23-15(4)32-26(25(35-21(30)7-3)24(23)34-20(29)6-2)36-22(31)13-12-16-14-27-18-11-9-8-10-17(16)18/h8-11,14-15,23-27H,5-7,12-13H2,1-4H3/t15-,23+,24+,25-,26?/m0/s1. The number of hydrogen-bond acceptors (Lipinski definition) is 9. The first kappa shape index (κ1) is 27.2. The van der Waals surface area contributed by atoms with Crippen LogP contribution in [0, 0.1) is 0 Å². The lowest BCUT2D eigenvalue weighted by atomic mass is 9.98. The molecule has 196 valence electrons. The number of carbonyl (C=O) groups excluding carboxylic acids is 4. The Morgan fingerprint density at radius 3 is 2.03 bits per heavy atom. The van der Waals surface area contributed by atoms with Crippen LogP contribution in [0.3, 0.4) is 0 Å². The van der Waals surface area contributed by atoms with Crippen molar-refractivity contribution in [2.75, 3.05) is 0 Å². The SMILES string of the molecule is CCC(=O)O[C@@H]1[C@H](OC(=O)CC)[C@H](C)OC(OC(=O)CCc2c[nH]c3ccccc23)[C@H]1OC(=O)CC. The van der Waals surface area contributed by atoms with Gasteiger partial charge in [0.15, 0.2) is 12.2 Å². The number of esters is 4. The van der Waals surface area contributed by atoms with Crippen LogP contribution < -0.4 is 0 Å². The number of H-pyrrole nitrogens is 1. The number of carbonyl (C=O) groups is 4. The van der Waals surface area contributed by atoms with Gasteiger partial charge >= 0.3 is 23.9 Å². The zero-order chi connectivity index (χ0) is 26.2. The van der Waals surface area contributed by atoms with E-state index < -0.39 is 54.6 Å². The van der Waals surface area contributed by atoms with E-state index in [1.165, 1.54) is 0 Å². The van der Waals surface area contributed by atoms with Gasteiger partial charge in [-0.05, 0) is 25.0 Å². The Labute approximate surface area is 209 Å². The first-order chi connectivity index (χ1) is 17.3. The van der Waals surface area contributed by atoms with Crippen LogP contribution >= 0.6 is 0 Å². The van der Waals surface area contributed by atoms with Crippen molar-refractivity contribution in [2.24, 2.45) is 0 Å². The van der Waals surface area contributed by atoms with Gasteiger partial charge in [0.05, 0.1) is 6.10 Å². The van der Waals surface area contributed by atoms with Gasteiger partial charge < -0.3 is 28.7 Å². The van der Waals surface area contributed by atoms with Gasteiger partial charge in [-0.15, -0.1) is 0 Å². The summed E-state index contributed by atoms with van der Waals surface area (Å²) in [4.78, 5) is 52.4. The van der Waals surface area contributed by atoms with Gasteiger partial charge in [0.25, 0.3) is 0 Å². The zero-order valence-corrected chi connectivity index (χ0v) is 21.0. The Bertz CT molecular complexity index is 1080. The molecule has 1 unspecified atom stereocenters. The molecule has 3 rings (SSSR count). The Balaban J connectivity index is 1.78. The number of hydrogen-bond donors (Lipinski definition) is 1. The number of aromatic amines is 1. The average Bonchev–Trinajstić information content (AvgIpc) is 3.29. The topological polar surface area (TPSA) is 130 Å². The third-order valence-electron chi connectivity index (χ3n) is 5.92. The van der Waals surface area contributed by atoms with Gasteiger partial charge in [-0.1, -0.05) is 39.0 Å². The molecule has 1 fully saturated rings. The van der Waals surface area contributed by atoms with Crippen molar-refractivity contribution in [3.8, 4) is 0 Å². The summed E-state index contributed by atoms with van der Waals surface area (Å²) in [5.41, 5.74) is 1.92. The number of para-hydroxylation sites is 1. The summed E-state index contributed by atoms with van der Waals surface area (Å²) in [7, 11) is 0. The fourth-order valence-electron chi connectivity index (χ4n) is 3.96. The zero-order valence-electron chi connectivity index (χ0n) is 21.0. The molecular formula is C26H33NO9. The minimum absolute atomic E-state index is 0.0289. The molecule has 0 bridgehead atoms. The van der Waals surface area contributed by atoms with Gasteiger partial charge in [-0.2, -0.15) is 0 Å². The molecule has 2 heterocycles. The molecule has 10 nitrogen and oxygen atoms in total. The molecule has 5 atom stereocenters. The lowest BCUT2D eigenvalue weighted by molar-refractivity contribution is -0.294. The van der Waals surface area contributed by atoms with E-state index in [9.17, 15) is 19.2 Å². The van der Waals surface area contributed by atoms with Gasteiger partial charge in [-0.3, -0.25) is 19.2 Å². The largest absolute Gasteiger partial charge is 0.455 e. The number of fused-ring (bicyclic) bond motifs is 1. The van der Waals surface area contributed by atoms with Crippen LogP contribution in [0.15, 0.2) is 30.5 Å². The van der Waals surface area contributed by atoms with Gasteiger partial charge in [-0.25, -0.2) is 0 Å². The summed E-state index contributed by atoms with van der Waals surface area (Å²) in [5.74, 6) is -2.33. The smallest absolute Gasteiger partial charge is 0.308 e. The highest BCUT2D eigenvalue weighted by molar-refractivity contribution is 5.83. The second-order valence-corrected chi connectivity index (χ2v) is 8.48. The van der Waals surface area contributed by atoms with E-state index in [2.05, 4.69) is 4.98 Å². The minimum atomic E-state index is -1.35. The van der Waals surface area contributed by atoms with E-state index in [1.54, 1.807) is 27.7 Å². The summed E-state index contributed by atoms with van der Waals surface area (Å²) in [5, 5.41) is 1.01. The van der Waals surface area contributed by atoms with Crippen LogP contribution in [0.5, 0.6) is 0 Å². The Morgan fingerprint density at radius 2 is 1.39 bits per heavy atom. The monoisotopic (exact) mass is 503 g/mol. The number of aryl methyl sites for hydroxylation is 1. The van der Waals surface area contributed by atoms with E-state index in [4.69, 9.17) is 23.7 Å². The van der Waals surface area contributed by atoms with Gasteiger partial charge in [0.2, 0.25) is 12.4 Å². The fourth-order valence-corrected chi connectivity index (χ4v) is 3.96. The maximum Gasteiger partial charge on any atom is 0.308 e. The highest BCUT2D eigenvalue weighted by Crippen LogP contribution is 2.30. The summed E-state index contributed by atoms with van der Waals surface area (Å²) >= 11 is 0. The summed E-state index contributed by atoms with van der Waals surface area (Å²) in [6.45, 7) is 6.42. The quantitative estimate of drug-likeness (QED) is 0.383. The maximum atomic E-state index is 12.8. The molecule has 2 aromatic rings. The van der Waals surface area contributed by atoms with Crippen molar-refractivity contribution in [2.45, 2.75) is 90.5 Å². The highest BCUT2D eigenvalue weighted by atomic mass is 16.7. The molecule has 1 aromatic heterocycles. The van der Waals surface area contributed by atoms with Crippen molar-refractivity contribution in [3.05, 3.63) is 36.0 Å². The lowest BCUT2D eigenvalue weighted by Gasteiger charge is -2.43. The molecule has 0 spiro atoms. The van der Waals surface area contributed by atoms with E-state index in [0.717, 1.165) is 16.5 Å². The van der Waals surface area contributed by atoms with Crippen LogP contribution in [0.25, 0.3) is 10.9 Å². The molecule has 1 saturated heterocycles. The minimum Gasteiger partial charge on any atom is -0.455 e. The molecule has 1 aromatic carbocycles. The van der Waals surface area contributed by atoms with Gasteiger partial charge in [0, 0.05) is 42.8 Å². The summed E-state index contributed by atoms with van der Waals surface area (Å²) in [6, 6.07) is 7.74. The van der Waals surface area contributed by atoms with Crippen LogP contribution in [0.4, 0.5) is 0 Å². The number of aromatic nitrogens is 1. The molecule has 10 heteroatoms. The van der Waals surface area contributed by atoms with Gasteiger partial charge in [0.1, 0.15) is 0 Å². The van der Waals surface area contributed by atoms with Crippen molar-refractivity contribution < 1.29 is 42.9 Å². The molecule has 0 aliphatic carbocycles. The van der Waals surface area contributed by atoms with Crippen molar-refractivity contribution in [1.29, 1.82) is 0 Å². The molecule has 1 aliphatic heterocycles. The molecule has 36 heavy (non-hydrogen) atoms. The number of rotatable bonds is 10. The first-order valence-corrected chi connectivity index (χ1v) is 12.3. The van der Waals surface area contributed by atoms with E-state index in [0.29, 0.717) is 6.42 Å². The molecule has 1 N–H and O–H groups in total. The van der Waals surface area contributed by atoms with Crippen LogP contribution in [-0.4, -0.2) is 59.6 Å². The lowest BCUT2D eigenvalue weighted by Crippen LogP contribution is -2.61. The Kier molecular flexibility index (Phi) is 9.46. The molecule has 0 amide bonds. The number of nitrogens with one attached hydrogen (secondary N) is 1. The van der Waals surface area contributed by atoms with Crippen molar-refractivity contribution in [1.82, 2.24) is 4.98 Å². The second-order valence-electron chi connectivity index (χ2n) is 8.48. The predicted octanol–water partition coefficient (Wildman–Crippen LogP) is 3.35. The van der Waals surface area contributed by atoms with Crippen LogP contribution in [-0.2, 0) is 49.3 Å². The van der Waals surface area contributed by atoms with Crippen molar-refractivity contribution >= 4 is 34.8 Å². The van der Waals surface area contributed by atoms with Crippen molar-refractivity contribution in [3.63, 3.8) is 0 Å². The fraction of sp³-hybridized carbons (Fsp3) is 0.538. The maximum absolute atomic E-state index is 12.8. The van der Waals surface area contributed by atoms with E-state index >= 15 is 0 Å². The third kappa shape index (κ3) is 6.63. The average molecular weight is 504 g/mol. The van der Waals surface area contributed by atoms with E-state index in [1.807, 2.05) is 30.5 Å². The Morgan fingerprint density at radius 1 is 0.806 bits per heavy atom. The number of benzene rings is 1. The highest BCUT2D eigenvalue weighted by Gasteiger charge is 2.52. The molecule has 0 radical (unpaired) electrons. The third-order valence-corrected chi connectivity index (χ3v) is 5.92. The van der Waals surface area contributed by atoms with Crippen LogP contribution in [0.1, 0.15) is 58.9 Å². The summed E-state index contributed by atoms with van der Waals surface area (Å²) < 4.78 is 27.9. The normalized spacial score (nSPS) is 23.6. The Hall–Kier alpha value is -3.40. The molecule has 1 aliphatic rings. The first-order valence-electron chi connectivity index (χ1n) is 12.3. The van der Waals surface area contributed by atoms with E-state index in [-0.39, 0.29) is 25.7 Å². The predicted molar refractivity (Wildman–Crippen MR) is 128 cm³/mol. The second kappa shape index (κ2) is 12.5. The molecule has 0 saturated carbocycles.